The number of nitrogens with zero attached hydrogens (tertiary/aromatic N) is 3. The molecule has 0 spiro atoms. The largest absolute Gasteiger partial charge is 0.358 e. The van der Waals surface area contributed by atoms with E-state index >= 15 is 0 Å². The Hall–Kier alpha value is -1.10. The first kappa shape index (κ1) is 11.0. The molecule has 0 aromatic carbocycles. The third-order valence-corrected chi connectivity index (χ3v) is 3.79. The van der Waals surface area contributed by atoms with Crippen LogP contribution in [0.15, 0.2) is 16.7 Å². The summed E-state index contributed by atoms with van der Waals surface area (Å²) in [6.45, 7) is 5.58. The smallest absolute Gasteiger partial charge is 0.180 e. The predicted molar refractivity (Wildman–Crippen MR) is 69.6 cm³/mol. The Morgan fingerprint density at radius 3 is 2.94 bits per heavy atom. The zero-order chi connectivity index (χ0) is 12.0. The van der Waals surface area contributed by atoms with Gasteiger partial charge in [-0.25, -0.2) is 0 Å². The molecule has 1 aliphatic rings. The quantitative estimate of drug-likeness (QED) is 0.879. The number of aromatic nitrogens is 4. The van der Waals surface area contributed by atoms with E-state index in [1.165, 1.54) is 6.42 Å². The average Bonchev–Trinajstić information content (AvgIpc) is 2.82. The first-order chi connectivity index (χ1) is 8.05. The standard InChI is InChI=1S/C12H15BrN4/c1-12(2)4-3-10-15-16-11(17(10)7-12)9-5-8(13)6-14-9/h5-6,14H,3-4,7H2,1-2H3. The van der Waals surface area contributed by atoms with E-state index in [4.69, 9.17) is 0 Å². The monoisotopic (exact) mass is 294 g/mol. The Morgan fingerprint density at radius 1 is 1.41 bits per heavy atom. The summed E-state index contributed by atoms with van der Waals surface area (Å²) in [5.41, 5.74) is 1.35. The molecule has 1 aliphatic heterocycles. The number of H-pyrrole nitrogens is 1. The number of hydrogen-bond acceptors (Lipinski definition) is 2. The van der Waals surface area contributed by atoms with Gasteiger partial charge in [0.2, 0.25) is 0 Å². The molecule has 2 aromatic rings. The molecule has 0 aliphatic carbocycles. The molecule has 90 valence electrons. The van der Waals surface area contributed by atoms with Crippen molar-refractivity contribution < 1.29 is 0 Å². The maximum Gasteiger partial charge on any atom is 0.180 e. The molecule has 0 atom stereocenters. The molecule has 0 fully saturated rings. The maximum atomic E-state index is 4.31. The zero-order valence-electron chi connectivity index (χ0n) is 10.00. The zero-order valence-corrected chi connectivity index (χ0v) is 11.6. The Bertz CT molecular complexity index is 553. The van der Waals surface area contributed by atoms with Gasteiger partial charge in [0, 0.05) is 23.6 Å². The van der Waals surface area contributed by atoms with Gasteiger partial charge in [0.05, 0.1) is 5.69 Å². The van der Waals surface area contributed by atoms with Crippen molar-refractivity contribution in [1.29, 1.82) is 0 Å². The molecule has 0 unspecified atom stereocenters. The van der Waals surface area contributed by atoms with Crippen LogP contribution in [0.2, 0.25) is 0 Å². The molecule has 5 heteroatoms. The van der Waals surface area contributed by atoms with Gasteiger partial charge in [-0.05, 0) is 33.8 Å². The fraction of sp³-hybridized carbons (Fsp3) is 0.500. The SMILES string of the molecule is CC1(C)CCc2nnc(-c3cc(Br)c[nH]3)n2C1. The lowest BCUT2D eigenvalue weighted by Gasteiger charge is -2.30. The lowest BCUT2D eigenvalue weighted by atomic mass is 9.85. The van der Waals surface area contributed by atoms with Crippen LogP contribution in [0.1, 0.15) is 26.1 Å². The van der Waals surface area contributed by atoms with Gasteiger partial charge in [-0.1, -0.05) is 13.8 Å². The highest BCUT2D eigenvalue weighted by atomic mass is 79.9. The first-order valence-corrected chi connectivity index (χ1v) is 6.61. The predicted octanol–water partition coefficient (Wildman–Crippen LogP) is 3.01. The summed E-state index contributed by atoms with van der Waals surface area (Å²) >= 11 is 3.45. The summed E-state index contributed by atoms with van der Waals surface area (Å²) in [6.07, 6.45) is 4.12. The number of fused-ring (bicyclic) bond motifs is 1. The molecule has 3 heterocycles. The van der Waals surface area contributed by atoms with Crippen molar-refractivity contribution >= 4 is 15.9 Å². The average molecular weight is 295 g/mol. The van der Waals surface area contributed by atoms with Crippen LogP contribution in [0.5, 0.6) is 0 Å². The molecule has 0 bridgehead atoms. The molecule has 0 radical (unpaired) electrons. The van der Waals surface area contributed by atoms with Gasteiger partial charge < -0.3 is 9.55 Å². The van der Waals surface area contributed by atoms with Crippen LogP contribution >= 0.6 is 15.9 Å². The second-order valence-corrected chi connectivity index (χ2v) is 6.34. The molecule has 2 aromatic heterocycles. The normalized spacial score (nSPS) is 18.1. The van der Waals surface area contributed by atoms with E-state index in [0.29, 0.717) is 5.41 Å². The Kier molecular flexibility index (Phi) is 2.40. The second kappa shape index (κ2) is 3.70. The summed E-state index contributed by atoms with van der Waals surface area (Å²) in [4.78, 5) is 3.22. The van der Waals surface area contributed by atoms with Crippen LogP contribution in [-0.4, -0.2) is 19.7 Å². The number of hydrogen-bond donors (Lipinski definition) is 1. The van der Waals surface area contributed by atoms with Crippen LogP contribution in [-0.2, 0) is 13.0 Å². The van der Waals surface area contributed by atoms with Crippen molar-refractivity contribution in [3.8, 4) is 11.5 Å². The molecule has 0 amide bonds. The molecular formula is C12H15BrN4. The fourth-order valence-electron chi connectivity index (χ4n) is 2.34. The summed E-state index contributed by atoms with van der Waals surface area (Å²) in [5, 5.41) is 8.59. The molecule has 4 nitrogen and oxygen atoms in total. The van der Waals surface area contributed by atoms with E-state index in [2.05, 4.69) is 49.5 Å². The molecule has 0 saturated carbocycles. The Balaban J connectivity index is 2.06. The third-order valence-electron chi connectivity index (χ3n) is 3.33. The van der Waals surface area contributed by atoms with Crippen molar-refractivity contribution in [2.45, 2.75) is 33.2 Å². The second-order valence-electron chi connectivity index (χ2n) is 5.42. The van der Waals surface area contributed by atoms with E-state index in [1.807, 2.05) is 12.3 Å². The van der Waals surface area contributed by atoms with E-state index in [9.17, 15) is 0 Å². The number of nitrogens with one attached hydrogen (secondary N) is 1. The molecule has 1 N–H and O–H groups in total. The van der Waals surface area contributed by atoms with Gasteiger partial charge in [0.25, 0.3) is 0 Å². The van der Waals surface area contributed by atoms with E-state index in [1.54, 1.807) is 0 Å². The topological polar surface area (TPSA) is 46.5 Å². The Labute approximate surface area is 109 Å². The lowest BCUT2D eigenvalue weighted by Crippen LogP contribution is -2.27. The summed E-state index contributed by atoms with van der Waals surface area (Å²) < 4.78 is 3.28. The van der Waals surface area contributed by atoms with Crippen molar-refractivity contribution in [1.82, 2.24) is 19.7 Å². The third kappa shape index (κ3) is 1.92. The summed E-state index contributed by atoms with van der Waals surface area (Å²) in [7, 11) is 0. The van der Waals surface area contributed by atoms with Crippen LogP contribution in [0.4, 0.5) is 0 Å². The van der Waals surface area contributed by atoms with Crippen molar-refractivity contribution in [3.63, 3.8) is 0 Å². The summed E-state index contributed by atoms with van der Waals surface area (Å²) in [5.74, 6) is 2.04. The van der Waals surface area contributed by atoms with Gasteiger partial charge in [0.1, 0.15) is 5.82 Å². The number of halogens is 1. The van der Waals surface area contributed by atoms with E-state index in [-0.39, 0.29) is 0 Å². The van der Waals surface area contributed by atoms with Crippen LogP contribution in [0, 0.1) is 5.41 Å². The molecule has 0 saturated heterocycles. The molecule has 3 rings (SSSR count). The minimum Gasteiger partial charge on any atom is -0.358 e. The highest BCUT2D eigenvalue weighted by molar-refractivity contribution is 9.10. The maximum absolute atomic E-state index is 4.31. The number of aromatic amines is 1. The lowest BCUT2D eigenvalue weighted by molar-refractivity contribution is 0.248. The Morgan fingerprint density at radius 2 is 2.24 bits per heavy atom. The van der Waals surface area contributed by atoms with Crippen LogP contribution < -0.4 is 0 Å². The highest BCUT2D eigenvalue weighted by Crippen LogP contribution is 2.33. The van der Waals surface area contributed by atoms with Gasteiger partial charge >= 0.3 is 0 Å². The van der Waals surface area contributed by atoms with Gasteiger partial charge in [-0.15, -0.1) is 10.2 Å². The highest BCUT2D eigenvalue weighted by Gasteiger charge is 2.28. The first-order valence-electron chi connectivity index (χ1n) is 5.81. The molecule has 17 heavy (non-hydrogen) atoms. The van der Waals surface area contributed by atoms with Gasteiger partial charge in [-0.2, -0.15) is 0 Å². The minimum atomic E-state index is 0.327. The van der Waals surface area contributed by atoms with E-state index in [0.717, 1.165) is 34.8 Å². The minimum absolute atomic E-state index is 0.327. The van der Waals surface area contributed by atoms with Crippen LogP contribution in [0.25, 0.3) is 11.5 Å². The van der Waals surface area contributed by atoms with Crippen LogP contribution in [0.3, 0.4) is 0 Å². The van der Waals surface area contributed by atoms with Crippen molar-refractivity contribution in [2.75, 3.05) is 0 Å². The summed E-state index contributed by atoms with van der Waals surface area (Å²) in [6, 6.07) is 2.04. The van der Waals surface area contributed by atoms with Crippen molar-refractivity contribution in [2.24, 2.45) is 5.41 Å². The number of aryl methyl sites for hydroxylation is 1. The van der Waals surface area contributed by atoms with Gasteiger partial charge in [-0.3, -0.25) is 0 Å². The van der Waals surface area contributed by atoms with Gasteiger partial charge in [0.15, 0.2) is 5.82 Å². The van der Waals surface area contributed by atoms with E-state index < -0.39 is 0 Å². The fourth-order valence-corrected chi connectivity index (χ4v) is 2.68. The molecular weight excluding hydrogens is 280 g/mol. The number of rotatable bonds is 1. The van der Waals surface area contributed by atoms with Crippen molar-refractivity contribution in [3.05, 3.63) is 22.6 Å².